The summed E-state index contributed by atoms with van der Waals surface area (Å²) in [5, 5.41) is 3.03. The molecular formula is C16H24N2O2. The SMILES string of the molecule is COc1c(C)ccc(NC(=O)C2(C)CCCC2N)c1C. The van der Waals surface area contributed by atoms with Crippen molar-refractivity contribution >= 4 is 11.6 Å². The molecule has 1 aromatic rings. The first kappa shape index (κ1) is 14.9. The molecule has 0 bridgehead atoms. The number of amides is 1. The van der Waals surface area contributed by atoms with Crippen LogP contribution >= 0.6 is 0 Å². The third-order valence-corrected chi connectivity index (χ3v) is 4.60. The van der Waals surface area contributed by atoms with Gasteiger partial charge in [0, 0.05) is 17.3 Å². The van der Waals surface area contributed by atoms with Gasteiger partial charge in [0.2, 0.25) is 5.91 Å². The lowest BCUT2D eigenvalue weighted by atomic mass is 9.84. The van der Waals surface area contributed by atoms with Crippen molar-refractivity contribution in [3.8, 4) is 5.75 Å². The first-order chi connectivity index (χ1) is 9.40. The van der Waals surface area contributed by atoms with Crippen LogP contribution in [0.5, 0.6) is 5.75 Å². The number of benzene rings is 1. The Bertz CT molecular complexity index is 527. The van der Waals surface area contributed by atoms with E-state index in [0.717, 1.165) is 41.8 Å². The average molecular weight is 276 g/mol. The van der Waals surface area contributed by atoms with E-state index in [1.54, 1.807) is 7.11 Å². The predicted molar refractivity (Wildman–Crippen MR) is 81.0 cm³/mol. The summed E-state index contributed by atoms with van der Waals surface area (Å²) in [5.74, 6) is 0.833. The molecule has 2 rings (SSSR count). The molecular weight excluding hydrogens is 252 g/mol. The number of anilines is 1. The first-order valence-electron chi connectivity index (χ1n) is 7.11. The number of nitrogens with two attached hydrogens (primary N) is 1. The zero-order valence-electron chi connectivity index (χ0n) is 12.7. The van der Waals surface area contributed by atoms with Gasteiger partial charge < -0.3 is 15.8 Å². The summed E-state index contributed by atoms with van der Waals surface area (Å²) in [6, 6.07) is 3.82. The Kier molecular flexibility index (Phi) is 4.04. The van der Waals surface area contributed by atoms with E-state index < -0.39 is 5.41 Å². The van der Waals surface area contributed by atoms with E-state index in [1.807, 2.05) is 32.9 Å². The van der Waals surface area contributed by atoms with Gasteiger partial charge in [-0.25, -0.2) is 0 Å². The molecule has 1 aliphatic rings. The van der Waals surface area contributed by atoms with Crippen LogP contribution in [0.15, 0.2) is 12.1 Å². The quantitative estimate of drug-likeness (QED) is 0.892. The molecule has 1 aliphatic carbocycles. The molecule has 0 spiro atoms. The lowest BCUT2D eigenvalue weighted by Gasteiger charge is -2.28. The second kappa shape index (κ2) is 5.44. The third kappa shape index (κ3) is 2.40. The monoisotopic (exact) mass is 276 g/mol. The highest BCUT2D eigenvalue weighted by molar-refractivity contribution is 5.96. The molecule has 20 heavy (non-hydrogen) atoms. The Balaban J connectivity index is 2.25. The maximum atomic E-state index is 12.6. The topological polar surface area (TPSA) is 64.3 Å². The van der Waals surface area contributed by atoms with Crippen molar-refractivity contribution in [1.82, 2.24) is 0 Å². The lowest BCUT2D eigenvalue weighted by Crippen LogP contribution is -2.44. The summed E-state index contributed by atoms with van der Waals surface area (Å²) >= 11 is 0. The molecule has 0 radical (unpaired) electrons. The number of methoxy groups -OCH3 is 1. The number of aryl methyl sites for hydroxylation is 1. The molecule has 0 aliphatic heterocycles. The number of carbonyl (C=O) groups is 1. The zero-order chi connectivity index (χ0) is 14.9. The van der Waals surface area contributed by atoms with Crippen LogP contribution in [0.2, 0.25) is 0 Å². The van der Waals surface area contributed by atoms with Crippen LogP contribution in [0.25, 0.3) is 0 Å². The fraction of sp³-hybridized carbons (Fsp3) is 0.562. The van der Waals surface area contributed by atoms with Gasteiger partial charge in [-0.1, -0.05) is 12.5 Å². The van der Waals surface area contributed by atoms with E-state index in [0.29, 0.717) is 0 Å². The summed E-state index contributed by atoms with van der Waals surface area (Å²) in [6.45, 7) is 5.91. The minimum atomic E-state index is -0.468. The van der Waals surface area contributed by atoms with Crippen molar-refractivity contribution in [3.63, 3.8) is 0 Å². The smallest absolute Gasteiger partial charge is 0.231 e. The first-order valence-corrected chi connectivity index (χ1v) is 7.11. The maximum Gasteiger partial charge on any atom is 0.231 e. The summed E-state index contributed by atoms with van der Waals surface area (Å²) in [7, 11) is 1.65. The molecule has 4 heteroatoms. The number of nitrogens with one attached hydrogen (secondary N) is 1. The van der Waals surface area contributed by atoms with Crippen LogP contribution in [0.1, 0.15) is 37.3 Å². The van der Waals surface area contributed by atoms with Crippen LogP contribution in [-0.2, 0) is 4.79 Å². The van der Waals surface area contributed by atoms with Gasteiger partial charge in [0.25, 0.3) is 0 Å². The van der Waals surface area contributed by atoms with Crippen LogP contribution in [-0.4, -0.2) is 19.1 Å². The Morgan fingerprint density at radius 1 is 1.45 bits per heavy atom. The number of ether oxygens (including phenoxy) is 1. The van der Waals surface area contributed by atoms with E-state index in [1.165, 1.54) is 0 Å². The molecule has 2 unspecified atom stereocenters. The van der Waals surface area contributed by atoms with E-state index in [9.17, 15) is 4.79 Å². The predicted octanol–water partition coefficient (Wildman–Crippen LogP) is 2.77. The van der Waals surface area contributed by atoms with Crippen LogP contribution < -0.4 is 15.8 Å². The lowest BCUT2D eigenvalue weighted by molar-refractivity contribution is -0.125. The van der Waals surface area contributed by atoms with Crippen molar-refractivity contribution in [3.05, 3.63) is 23.3 Å². The number of hydrogen-bond acceptors (Lipinski definition) is 3. The third-order valence-electron chi connectivity index (χ3n) is 4.60. The van der Waals surface area contributed by atoms with E-state index >= 15 is 0 Å². The van der Waals surface area contributed by atoms with Crippen LogP contribution in [0.4, 0.5) is 5.69 Å². The van der Waals surface area contributed by atoms with Crippen molar-refractivity contribution in [2.45, 2.75) is 46.1 Å². The van der Waals surface area contributed by atoms with Crippen LogP contribution in [0.3, 0.4) is 0 Å². The van der Waals surface area contributed by atoms with Crippen molar-refractivity contribution in [1.29, 1.82) is 0 Å². The molecule has 2 atom stereocenters. The highest BCUT2D eigenvalue weighted by atomic mass is 16.5. The normalized spacial score (nSPS) is 25.6. The molecule has 4 nitrogen and oxygen atoms in total. The number of carbonyl (C=O) groups excluding carboxylic acids is 1. The molecule has 3 N–H and O–H groups in total. The largest absolute Gasteiger partial charge is 0.496 e. The van der Waals surface area contributed by atoms with Crippen molar-refractivity contribution in [2.24, 2.45) is 11.1 Å². The number of hydrogen-bond donors (Lipinski definition) is 2. The molecule has 0 saturated heterocycles. The van der Waals surface area contributed by atoms with Gasteiger partial charge in [0.1, 0.15) is 5.75 Å². The minimum absolute atomic E-state index is 0.0107. The van der Waals surface area contributed by atoms with E-state index in [-0.39, 0.29) is 11.9 Å². The van der Waals surface area contributed by atoms with Crippen molar-refractivity contribution in [2.75, 3.05) is 12.4 Å². The van der Waals surface area contributed by atoms with E-state index in [2.05, 4.69) is 5.32 Å². The Hall–Kier alpha value is -1.55. The van der Waals surface area contributed by atoms with Gasteiger partial charge in [0.05, 0.1) is 12.5 Å². The zero-order valence-corrected chi connectivity index (χ0v) is 12.7. The van der Waals surface area contributed by atoms with Gasteiger partial charge in [-0.15, -0.1) is 0 Å². The highest BCUT2D eigenvalue weighted by Crippen LogP contribution is 2.38. The fourth-order valence-corrected chi connectivity index (χ4v) is 3.02. The second-order valence-electron chi connectivity index (χ2n) is 5.96. The Morgan fingerprint density at radius 2 is 2.15 bits per heavy atom. The van der Waals surface area contributed by atoms with Gasteiger partial charge >= 0.3 is 0 Å². The standard InChI is InChI=1S/C16H24N2O2/c1-10-7-8-12(11(2)14(10)20-4)18-15(19)16(3)9-5-6-13(16)17/h7-8,13H,5-6,9,17H2,1-4H3,(H,18,19). The molecule has 1 aromatic carbocycles. The molecule has 1 saturated carbocycles. The summed E-state index contributed by atoms with van der Waals surface area (Å²) < 4.78 is 5.39. The maximum absolute atomic E-state index is 12.6. The van der Waals surface area contributed by atoms with Gasteiger partial charge in [-0.3, -0.25) is 4.79 Å². The molecule has 1 fully saturated rings. The number of rotatable bonds is 3. The van der Waals surface area contributed by atoms with Crippen molar-refractivity contribution < 1.29 is 9.53 Å². The molecule has 0 aromatic heterocycles. The highest BCUT2D eigenvalue weighted by Gasteiger charge is 2.43. The van der Waals surface area contributed by atoms with Gasteiger partial charge in [-0.05, 0) is 45.2 Å². The Labute approximate surface area is 120 Å². The Morgan fingerprint density at radius 3 is 2.70 bits per heavy atom. The average Bonchev–Trinajstić information content (AvgIpc) is 2.75. The van der Waals surface area contributed by atoms with Gasteiger partial charge in [-0.2, -0.15) is 0 Å². The molecule has 1 amide bonds. The summed E-state index contributed by atoms with van der Waals surface area (Å²) in [4.78, 5) is 12.6. The van der Waals surface area contributed by atoms with Gasteiger partial charge in [0.15, 0.2) is 0 Å². The van der Waals surface area contributed by atoms with E-state index in [4.69, 9.17) is 10.5 Å². The van der Waals surface area contributed by atoms with Crippen LogP contribution in [0, 0.1) is 19.3 Å². The summed E-state index contributed by atoms with van der Waals surface area (Å²) in [5.41, 5.74) is 8.45. The minimum Gasteiger partial charge on any atom is -0.496 e. The summed E-state index contributed by atoms with van der Waals surface area (Å²) in [6.07, 6.45) is 2.78. The molecule has 110 valence electrons. The molecule has 0 heterocycles. The fourth-order valence-electron chi connectivity index (χ4n) is 3.02. The second-order valence-corrected chi connectivity index (χ2v) is 5.96.